The molecule has 1 saturated heterocycles. The minimum atomic E-state index is -1.40. The summed E-state index contributed by atoms with van der Waals surface area (Å²) in [6, 6.07) is 0. The Morgan fingerprint density at radius 1 is 1.02 bits per heavy atom. The molecule has 13 atom stereocenters. The lowest BCUT2D eigenvalue weighted by molar-refractivity contribution is -0.313. The smallest absolute Gasteiger partial charge is 0.186 e. The van der Waals surface area contributed by atoms with Gasteiger partial charge in [0.05, 0.1) is 12.7 Å². The highest BCUT2D eigenvalue weighted by Gasteiger charge is 2.59. The molecule has 0 radical (unpaired) electrons. The van der Waals surface area contributed by atoms with Crippen LogP contribution in [0.15, 0.2) is 23.8 Å². The summed E-state index contributed by atoms with van der Waals surface area (Å²) >= 11 is 0. The van der Waals surface area contributed by atoms with E-state index in [2.05, 4.69) is 47.3 Å². The van der Waals surface area contributed by atoms with Crippen LogP contribution < -0.4 is 0 Å². The SMILES string of the molecule is C=C(CC[C@@H](C)[C@H]1CC[C@H]2[C@@H]3CC=C4CC(OC5O[C@H](CO)[C@@H](O)[C@H](O)[C@H]5O)CC[C@]4(C)[C@H]3CC[C@]12C)C(C)C. The van der Waals surface area contributed by atoms with Crippen LogP contribution in [0.2, 0.25) is 0 Å². The molecule has 5 rings (SSSR count). The largest absolute Gasteiger partial charge is 0.394 e. The second-order valence-corrected chi connectivity index (χ2v) is 15.0. The van der Waals surface area contributed by atoms with Gasteiger partial charge >= 0.3 is 0 Å². The Labute approximate surface area is 242 Å². The zero-order valence-corrected chi connectivity index (χ0v) is 25.6. The molecule has 4 aliphatic carbocycles. The van der Waals surface area contributed by atoms with Crippen LogP contribution in [0, 0.1) is 46.3 Å². The summed E-state index contributed by atoms with van der Waals surface area (Å²) in [5.41, 5.74) is 3.54. The molecular weight excluding hydrogens is 504 g/mol. The van der Waals surface area contributed by atoms with Gasteiger partial charge in [-0.15, -0.1) is 0 Å². The van der Waals surface area contributed by atoms with E-state index in [9.17, 15) is 20.4 Å². The van der Waals surface area contributed by atoms with E-state index in [0.717, 1.165) is 49.4 Å². The van der Waals surface area contributed by atoms with Crippen LogP contribution in [0.4, 0.5) is 0 Å². The van der Waals surface area contributed by atoms with Gasteiger partial charge in [0.2, 0.25) is 0 Å². The van der Waals surface area contributed by atoms with Crippen molar-refractivity contribution in [2.75, 3.05) is 6.61 Å². The molecule has 0 spiro atoms. The van der Waals surface area contributed by atoms with E-state index < -0.39 is 37.3 Å². The standard InChI is InChI=1S/C34H56O6/c1-19(2)20(3)7-8-21(4)25-11-12-26-24-10-9-22-17-23(13-15-33(22,5)27(24)14-16-34(25,26)6)39-32-31(38)30(37)29(36)28(18-35)40-32/h9,19,21,23-32,35-38H,3,7-8,10-18H2,1-2,4-6H3/t21-,23?,24+,25-,26+,27+,28-,29-,30+,31-,32?,33+,34-/m1/s1. The lowest BCUT2D eigenvalue weighted by Gasteiger charge is -2.58. The molecule has 4 N–H and O–H groups in total. The molecule has 0 amide bonds. The number of hydrogen-bond acceptors (Lipinski definition) is 6. The van der Waals surface area contributed by atoms with Crippen LogP contribution in [-0.4, -0.2) is 63.8 Å². The molecule has 0 aromatic heterocycles. The third kappa shape index (κ3) is 5.28. The van der Waals surface area contributed by atoms with E-state index in [0.29, 0.717) is 17.3 Å². The summed E-state index contributed by atoms with van der Waals surface area (Å²) in [6.45, 7) is 16.1. The molecule has 0 aromatic rings. The maximum Gasteiger partial charge on any atom is 0.186 e. The Bertz CT molecular complexity index is 945. The van der Waals surface area contributed by atoms with E-state index >= 15 is 0 Å². The van der Waals surface area contributed by atoms with Crippen LogP contribution in [0.3, 0.4) is 0 Å². The zero-order chi connectivity index (χ0) is 29.0. The van der Waals surface area contributed by atoms with E-state index in [1.807, 2.05) is 0 Å². The topological polar surface area (TPSA) is 99.4 Å². The van der Waals surface area contributed by atoms with Gasteiger partial charge in [-0.1, -0.05) is 58.4 Å². The van der Waals surface area contributed by atoms with Gasteiger partial charge in [0.15, 0.2) is 6.29 Å². The van der Waals surface area contributed by atoms with E-state index in [1.54, 1.807) is 0 Å². The van der Waals surface area contributed by atoms with Crippen LogP contribution in [0.5, 0.6) is 0 Å². The van der Waals surface area contributed by atoms with Gasteiger partial charge in [-0.3, -0.25) is 0 Å². The fraction of sp³-hybridized carbons (Fsp3) is 0.882. The summed E-state index contributed by atoms with van der Waals surface area (Å²) < 4.78 is 11.9. The normalized spacial score (nSPS) is 47.7. The minimum absolute atomic E-state index is 0.108. The first-order chi connectivity index (χ1) is 18.9. The fourth-order valence-electron chi connectivity index (χ4n) is 9.99. The first kappa shape index (κ1) is 30.7. The van der Waals surface area contributed by atoms with Crippen LogP contribution >= 0.6 is 0 Å². The molecule has 4 fully saturated rings. The average molecular weight is 561 g/mol. The lowest BCUT2D eigenvalue weighted by atomic mass is 9.47. The van der Waals surface area contributed by atoms with Crippen molar-refractivity contribution in [2.24, 2.45) is 46.3 Å². The van der Waals surface area contributed by atoms with Crippen LogP contribution in [0.25, 0.3) is 0 Å². The van der Waals surface area contributed by atoms with Crippen LogP contribution in [0.1, 0.15) is 98.8 Å². The van der Waals surface area contributed by atoms with Gasteiger partial charge in [0.25, 0.3) is 0 Å². The van der Waals surface area contributed by atoms with Crippen molar-refractivity contribution in [3.05, 3.63) is 23.8 Å². The second-order valence-electron chi connectivity index (χ2n) is 15.0. The Kier molecular flexibility index (Phi) is 9.00. The fourth-order valence-corrected chi connectivity index (χ4v) is 9.99. The number of aliphatic hydroxyl groups excluding tert-OH is 4. The highest BCUT2D eigenvalue weighted by Crippen LogP contribution is 2.67. The molecule has 1 heterocycles. The van der Waals surface area contributed by atoms with Crippen molar-refractivity contribution < 1.29 is 29.9 Å². The molecule has 0 aromatic carbocycles. The maximum absolute atomic E-state index is 10.5. The minimum Gasteiger partial charge on any atom is -0.394 e. The van der Waals surface area contributed by atoms with E-state index in [4.69, 9.17) is 9.47 Å². The van der Waals surface area contributed by atoms with Gasteiger partial charge in [-0.25, -0.2) is 0 Å². The first-order valence-electron chi connectivity index (χ1n) is 16.2. The van der Waals surface area contributed by atoms with Gasteiger partial charge in [-0.2, -0.15) is 0 Å². The third-order valence-corrected chi connectivity index (χ3v) is 12.7. The molecule has 0 bridgehead atoms. The van der Waals surface area contributed by atoms with Crippen LogP contribution in [-0.2, 0) is 9.47 Å². The summed E-state index contributed by atoms with van der Waals surface area (Å²) in [6.07, 6.45) is 8.09. The van der Waals surface area contributed by atoms with Crippen molar-refractivity contribution in [1.82, 2.24) is 0 Å². The van der Waals surface area contributed by atoms with Gasteiger partial charge in [0.1, 0.15) is 24.4 Å². The predicted molar refractivity (Wildman–Crippen MR) is 156 cm³/mol. The molecule has 1 aliphatic heterocycles. The second kappa shape index (κ2) is 11.7. The van der Waals surface area contributed by atoms with Gasteiger partial charge in [-0.05, 0) is 111 Å². The zero-order valence-electron chi connectivity index (χ0n) is 25.6. The van der Waals surface area contributed by atoms with E-state index in [-0.39, 0.29) is 11.5 Å². The number of ether oxygens (including phenoxy) is 2. The first-order valence-corrected chi connectivity index (χ1v) is 16.2. The van der Waals surface area contributed by atoms with E-state index in [1.165, 1.54) is 49.7 Å². The number of hydrogen-bond donors (Lipinski definition) is 4. The summed E-state index contributed by atoms with van der Waals surface area (Å²) in [5.74, 6) is 4.44. The summed E-state index contributed by atoms with van der Waals surface area (Å²) in [4.78, 5) is 0. The molecule has 228 valence electrons. The van der Waals surface area contributed by atoms with Gasteiger partial charge in [0, 0.05) is 0 Å². The molecule has 3 saturated carbocycles. The number of fused-ring (bicyclic) bond motifs is 5. The molecule has 6 heteroatoms. The Morgan fingerprint density at radius 2 is 1.77 bits per heavy atom. The Hall–Kier alpha value is -0.760. The van der Waals surface area contributed by atoms with Crippen molar-refractivity contribution in [3.8, 4) is 0 Å². The molecule has 6 nitrogen and oxygen atoms in total. The Balaban J connectivity index is 1.24. The van der Waals surface area contributed by atoms with Crippen molar-refractivity contribution in [2.45, 2.75) is 136 Å². The Morgan fingerprint density at radius 3 is 2.48 bits per heavy atom. The monoisotopic (exact) mass is 560 g/mol. The van der Waals surface area contributed by atoms with Crippen molar-refractivity contribution >= 4 is 0 Å². The average Bonchev–Trinajstić information content (AvgIpc) is 3.29. The maximum atomic E-state index is 10.5. The highest BCUT2D eigenvalue weighted by molar-refractivity contribution is 5.25. The number of aliphatic hydroxyl groups is 4. The summed E-state index contributed by atoms with van der Waals surface area (Å²) in [7, 11) is 0. The quantitative estimate of drug-likeness (QED) is 0.298. The highest BCUT2D eigenvalue weighted by atomic mass is 16.7. The molecule has 40 heavy (non-hydrogen) atoms. The molecule has 2 unspecified atom stereocenters. The molecule has 5 aliphatic rings. The van der Waals surface area contributed by atoms with Crippen molar-refractivity contribution in [1.29, 1.82) is 0 Å². The summed E-state index contributed by atoms with van der Waals surface area (Å²) in [5, 5.41) is 40.3. The van der Waals surface area contributed by atoms with Crippen molar-refractivity contribution in [3.63, 3.8) is 0 Å². The lowest BCUT2D eigenvalue weighted by Crippen LogP contribution is -2.60. The molecular formula is C34H56O6. The third-order valence-electron chi connectivity index (χ3n) is 12.7. The predicted octanol–water partition coefficient (Wildman–Crippen LogP) is 5.38. The number of allylic oxidation sites excluding steroid dienone is 2. The number of rotatable bonds is 8. The van der Waals surface area contributed by atoms with Gasteiger partial charge < -0.3 is 29.9 Å².